The van der Waals surface area contributed by atoms with Crippen molar-refractivity contribution in [3.05, 3.63) is 106 Å². The molecule has 0 unspecified atom stereocenters. The summed E-state index contributed by atoms with van der Waals surface area (Å²) >= 11 is 0. The Morgan fingerprint density at radius 3 is 1.33 bits per heavy atom. The summed E-state index contributed by atoms with van der Waals surface area (Å²) in [5.74, 6) is 6.07. The van der Waals surface area contributed by atoms with Crippen molar-refractivity contribution in [2.45, 2.75) is 168 Å². The Labute approximate surface area is 346 Å². The molecule has 0 aromatic heterocycles. The highest BCUT2D eigenvalue weighted by Gasteiger charge is 2.42. The minimum Gasteiger partial charge on any atom is -0.457 e. The van der Waals surface area contributed by atoms with Gasteiger partial charge in [0.2, 0.25) is 0 Å². The predicted octanol–water partition coefficient (Wildman–Crippen LogP) is 15.7. The molecule has 4 nitrogen and oxygen atoms in total. The first-order chi connectivity index (χ1) is 27.6. The van der Waals surface area contributed by atoms with E-state index in [4.69, 9.17) is 20.9 Å². The average Bonchev–Trinajstić information content (AvgIpc) is 3.20. The number of unbranched alkanes of at least 4 members (excludes halogenated alkanes) is 10. The van der Waals surface area contributed by atoms with Crippen LogP contribution in [-0.4, -0.2) is 0 Å². The van der Waals surface area contributed by atoms with Crippen LogP contribution in [0.1, 0.15) is 169 Å². The van der Waals surface area contributed by atoms with E-state index in [1.165, 1.54) is 162 Å². The third-order valence-corrected chi connectivity index (χ3v) is 13.8. The van der Waals surface area contributed by atoms with Gasteiger partial charge in [-0.3, -0.25) is 0 Å². The Morgan fingerprint density at radius 1 is 0.509 bits per heavy atom. The van der Waals surface area contributed by atoms with Crippen LogP contribution in [0.5, 0.6) is 23.0 Å². The number of anilines is 2. The Bertz CT molecular complexity index is 1710. The van der Waals surface area contributed by atoms with Gasteiger partial charge in [0.25, 0.3) is 0 Å². The molecule has 0 amide bonds. The summed E-state index contributed by atoms with van der Waals surface area (Å²) in [4.78, 5) is 0. The monoisotopic (exact) mass is 771 g/mol. The van der Waals surface area contributed by atoms with E-state index in [9.17, 15) is 0 Å². The number of ether oxygens (including phenoxy) is 2. The average molecular weight is 771 g/mol. The van der Waals surface area contributed by atoms with Gasteiger partial charge in [-0.1, -0.05) is 133 Å². The molecule has 57 heavy (non-hydrogen) atoms. The van der Waals surface area contributed by atoms with Gasteiger partial charge in [-0.05, 0) is 142 Å². The van der Waals surface area contributed by atoms with Crippen LogP contribution in [0.3, 0.4) is 0 Å². The van der Waals surface area contributed by atoms with Gasteiger partial charge in [0.1, 0.15) is 23.0 Å². The van der Waals surface area contributed by atoms with E-state index in [-0.39, 0.29) is 5.41 Å². The van der Waals surface area contributed by atoms with Crippen LogP contribution in [0.2, 0.25) is 0 Å². The topological polar surface area (TPSA) is 70.5 Å². The molecular weight excluding hydrogens is 697 g/mol. The maximum atomic E-state index is 6.48. The lowest BCUT2D eigenvalue weighted by Gasteiger charge is -2.45. The van der Waals surface area contributed by atoms with E-state index in [0.29, 0.717) is 11.4 Å². The number of aryl methyl sites for hydroxylation is 4. The Morgan fingerprint density at radius 2 is 0.912 bits per heavy atom. The normalized spacial score (nSPS) is 18.4. The van der Waals surface area contributed by atoms with E-state index in [0.717, 1.165) is 40.8 Å². The quantitative estimate of drug-likeness (QED) is 0.0736. The van der Waals surface area contributed by atoms with Crippen LogP contribution in [0.25, 0.3) is 0 Å². The highest BCUT2D eigenvalue weighted by Crippen LogP contribution is 2.52. The second-order valence-corrected chi connectivity index (χ2v) is 18.3. The molecule has 4 N–H and O–H groups in total. The van der Waals surface area contributed by atoms with Gasteiger partial charge in [0.05, 0.1) is 0 Å². The molecule has 308 valence electrons. The first-order valence-electron chi connectivity index (χ1n) is 23.0. The van der Waals surface area contributed by atoms with Crippen molar-refractivity contribution in [1.82, 2.24) is 0 Å². The largest absolute Gasteiger partial charge is 0.457 e. The zero-order valence-electron chi connectivity index (χ0n) is 36.3. The summed E-state index contributed by atoms with van der Waals surface area (Å²) in [7, 11) is 0. The fourth-order valence-corrected chi connectivity index (χ4v) is 10.6. The Kier molecular flexibility index (Phi) is 15.5. The van der Waals surface area contributed by atoms with Gasteiger partial charge >= 0.3 is 0 Å². The number of rotatable bonds is 19. The molecule has 0 spiro atoms. The van der Waals surface area contributed by atoms with Gasteiger partial charge in [-0.2, -0.15) is 0 Å². The summed E-state index contributed by atoms with van der Waals surface area (Å²) in [5.41, 5.74) is 21.1. The van der Waals surface area contributed by atoms with Crippen molar-refractivity contribution in [3.63, 3.8) is 0 Å². The maximum Gasteiger partial charge on any atom is 0.133 e. The van der Waals surface area contributed by atoms with E-state index in [1.807, 2.05) is 48.5 Å². The lowest BCUT2D eigenvalue weighted by Crippen LogP contribution is -2.36. The zero-order valence-corrected chi connectivity index (χ0v) is 36.3. The predicted molar refractivity (Wildman–Crippen MR) is 243 cm³/mol. The molecule has 4 aromatic rings. The number of hydrogen-bond donors (Lipinski definition) is 2. The summed E-state index contributed by atoms with van der Waals surface area (Å²) in [6.45, 7) is 11.1. The molecule has 6 rings (SSSR count). The summed E-state index contributed by atoms with van der Waals surface area (Å²) in [5, 5.41) is 0. The van der Waals surface area contributed by atoms with Crippen molar-refractivity contribution in [3.8, 4) is 23.0 Å². The fourth-order valence-electron chi connectivity index (χ4n) is 10.6. The second kappa shape index (κ2) is 20.7. The Balaban J connectivity index is 1.11. The third-order valence-electron chi connectivity index (χ3n) is 13.8. The molecule has 0 radical (unpaired) electrons. The van der Waals surface area contributed by atoms with E-state index < -0.39 is 0 Å². The van der Waals surface area contributed by atoms with E-state index >= 15 is 0 Å². The molecule has 4 heteroatoms. The molecule has 0 atom stereocenters. The zero-order chi connectivity index (χ0) is 40.2. The minimum absolute atomic E-state index is 0.0702. The van der Waals surface area contributed by atoms with Gasteiger partial charge in [-0.25, -0.2) is 0 Å². The number of nitrogens with two attached hydrogens (primary N) is 2. The summed E-state index contributed by atoms with van der Waals surface area (Å²) in [6, 6.07) is 25.1. The van der Waals surface area contributed by atoms with Crippen molar-refractivity contribution in [1.29, 1.82) is 0 Å². The molecule has 4 aromatic carbocycles. The lowest BCUT2D eigenvalue weighted by atomic mass is 9.59. The van der Waals surface area contributed by atoms with Gasteiger partial charge in [-0.15, -0.1) is 0 Å². The van der Waals surface area contributed by atoms with Crippen LogP contribution in [0, 0.1) is 45.4 Å². The van der Waals surface area contributed by atoms with Crippen molar-refractivity contribution in [2.75, 3.05) is 11.5 Å². The molecule has 2 fully saturated rings. The van der Waals surface area contributed by atoms with Crippen molar-refractivity contribution >= 4 is 11.4 Å². The number of nitrogen functional groups attached to an aromatic ring is 2. The van der Waals surface area contributed by atoms with Crippen LogP contribution in [-0.2, 0) is 5.41 Å². The SMILES string of the molecule is CCCCCCCCCCCCC[C@H]1CC[C@H](C2CCC(c3cc(C)c(Oc4cccc(N)c4)c(C)c3)(c3cc(C)c(Oc4cccc(N)c4)c(C)c3)CC2)CC1. The number of hydrogen-bond acceptors (Lipinski definition) is 4. The van der Waals surface area contributed by atoms with Crippen LogP contribution < -0.4 is 20.9 Å². The highest BCUT2D eigenvalue weighted by molar-refractivity contribution is 5.55. The van der Waals surface area contributed by atoms with Gasteiger partial charge < -0.3 is 20.9 Å². The first kappa shape index (κ1) is 42.7. The minimum atomic E-state index is -0.0702. The summed E-state index contributed by atoms with van der Waals surface area (Å²) in [6.07, 6.45) is 27.9. The standard InChI is InChI=1S/C53H74N2O2/c1-6-7-8-9-10-11-12-13-14-15-16-19-42-24-26-43(27-25-42)44-28-30-53(31-29-44,45-32-38(2)51(39(3)33-45)56-49-22-17-20-47(54)36-49)46-34-40(4)52(41(5)35-46)57-50-23-18-21-48(55)37-50/h17-18,20-23,32-37,42-44H,6-16,19,24-31,54-55H2,1-5H3/t42-,43-. The molecule has 0 aliphatic heterocycles. The van der Waals surface area contributed by atoms with Crippen molar-refractivity contribution < 1.29 is 9.47 Å². The molecule has 0 bridgehead atoms. The van der Waals surface area contributed by atoms with E-state index in [2.05, 4.69) is 58.9 Å². The Hall–Kier alpha value is -3.92. The molecule has 0 saturated heterocycles. The van der Waals surface area contributed by atoms with E-state index in [1.54, 1.807) is 0 Å². The molecule has 0 heterocycles. The van der Waals surface area contributed by atoms with Crippen molar-refractivity contribution in [2.24, 2.45) is 17.8 Å². The molecule has 2 aliphatic rings. The maximum absolute atomic E-state index is 6.48. The lowest BCUT2D eigenvalue weighted by molar-refractivity contribution is 0.140. The van der Waals surface area contributed by atoms with Gasteiger partial charge in [0, 0.05) is 28.9 Å². The number of benzene rings is 4. The second-order valence-electron chi connectivity index (χ2n) is 18.3. The van der Waals surface area contributed by atoms with Gasteiger partial charge in [0.15, 0.2) is 0 Å². The van der Waals surface area contributed by atoms with Crippen LogP contribution in [0.4, 0.5) is 11.4 Å². The summed E-state index contributed by atoms with van der Waals surface area (Å²) < 4.78 is 13.0. The first-order valence-corrected chi connectivity index (χ1v) is 23.0. The smallest absolute Gasteiger partial charge is 0.133 e. The highest BCUT2D eigenvalue weighted by atomic mass is 16.5. The molecular formula is C53H74N2O2. The third kappa shape index (κ3) is 11.4. The fraction of sp³-hybridized carbons (Fsp3) is 0.547. The van der Waals surface area contributed by atoms with Crippen LogP contribution >= 0.6 is 0 Å². The van der Waals surface area contributed by atoms with Crippen LogP contribution in [0.15, 0.2) is 72.8 Å². The molecule has 2 aliphatic carbocycles. The molecule has 2 saturated carbocycles.